The van der Waals surface area contributed by atoms with Crippen LogP contribution in [0.25, 0.3) is 0 Å². The zero-order chi connectivity index (χ0) is 24.5. The highest BCUT2D eigenvalue weighted by Crippen LogP contribution is 2.69. The maximum absolute atomic E-state index is 13.6. The van der Waals surface area contributed by atoms with Gasteiger partial charge in [0.2, 0.25) is 5.78 Å². The molecule has 0 aromatic heterocycles. The van der Waals surface area contributed by atoms with E-state index in [2.05, 4.69) is 11.7 Å². The van der Waals surface area contributed by atoms with Crippen LogP contribution in [0.2, 0.25) is 0 Å². The average molecular weight is 475 g/mol. The predicted octanol–water partition coefficient (Wildman–Crippen LogP) is 3.42. The second kappa shape index (κ2) is 8.00. The van der Waals surface area contributed by atoms with Crippen LogP contribution in [-0.2, 0) is 23.8 Å². The van der Waals surface area contributed by atoms with E-state index in [9.17, 15) is 19.5 Å². The SMILES string of the molecule is CCC[C@@H]1O[C@@H]2C[C@H]3[C@@H]4CCC5=CC(=O)C=C[C@]5(C)[C@H]4[C@@H](O)C[C@]3(C)[C@]2(C(=O)COC(=O)O)O1. The molecule has 1 aliphatic heterocycles. The van der Waals surface area contributed by atoms with E-state index >= 15 is 0 Å². The number of carboxylic acid groups (broad SMARTS) is 1. The molecular formula is C26H34O8. The lowest BCUT2D eigenvalue weighted by Gasteiger charge is -2.59. The van der Waals surface area contributed by atoms with Gasteiger partial charge in [0.1, 0.15) is 0 Å². The fourth-order valence-electron chi connectivity index (χ4n) is 8.24. The molecule has 4 fully saturated rings. The van der Waals surface area contributed by atoms with Crippen molar-refractivity contribution < 1.29 is 38.8 Å². The summed E-state index contributed by atoms with van der Waals surface area (Å²) in [6.45, 7) is 5.52. The fourth-order valence-corrected chi connectivity index (χ4v) is 8.24. The first-order valence-corrected chi connectivity index (χ1v) is 12.4. The first kappa shape index (κ1) is 23.7. The van der Waals surface area contributed by atoms with Crippen LogP contribution in [0.1, 0.15) is 59.3 Å². The molecule has 4 aliphatic carbocycles. The molecule has 5 aliphatic rings. The number of rotatable bonds is 5. The number of Topliss-reactive ketones (excluding diaryl/α,β-unsaturated/α-hetero) is 1. The Morgan fingerprint density at radius 2 is 2.06 bits per heavy atom. The van der Waals surface area contributed by atoms with Crippen LogP contribution in [0.15, 0.2) is 23.8 Å². The molecule has 8 nitrogen and oxygen atoms in total. The summed E-state index contributed by atoms with van der Waals surface area (Å²) in [5.74, 6) is -0.362. The summed E-state index contributed by atoms with van der Waals surface area (Å²) in [5, 5.41) is 20.6. The molecule has 8 heteroatoms. The van der Waals surface area contributed by atoms with Gasteiger partial charge in [0.05, 0.1) is 12.2 Å². The average Bonchev–Trinajstić information content (AvgIpc) is 3.25. The van der Waals surface area contributed by atoms with E-state index in [-0.39, 0.29) is 23.5 Å². The lowest BCUT2D eigenvalue weighted by atomic mass is 9.46. The Kier molecular flexibility index (Phi) is 5.58. The van der Waals surface area contributed by atoms with Crippen molar-refractivity contribution in [1.29, 1.82) is 0 Å². The quantitative estimate of drug-likeness (QED) is 0.582. The highest BCUT2D eigenvalue weighted by Gasteiger charge is 2.75. The molecule has 0 unspecified atom stereocenters. The molecule has 186 valence electrons. The van der Waals surface area contributed by atoms with Crippen molar-refractivity contribution in [3.8, 4) is 0 Å². The Hall–Kier alpha value is -2.03. The van der Waals surface area contributed by atoms with E-state index in [4.69, 9.17) is 14.6 Å². The number of hydrogen-bond acceptors (Lipinski definition) is 7. The van der Waals surface area contributed by atoms with Gasteiger partial charge in [0.25, 0.3) is 0 Å². The summed E-state index contributed by atoms with van der Waals surface area (Å²) in [5.41, 5.74) is -1.43. The van der Waals surface area contributed by atoms with Gasteiger partial charge in [-0.1, -0.05) is 38.8 Å². The molecule has 0 bridgehead atoms. The molecule has 0 aromatic carbocycles. The van der Waals surface area contributed by atoms with E-state index in [1.807, 2.05) is 19.9 Å². The van der Waals surface area contributed by atoms with Gasteiger partial charge in [0, 0.05) is 16.7 Å². The topological polar surface area (TPSA) is 119 Å². The third kappa shape index (κ3) is 3.11. The predicted molar refractivity (Wildman–Crippen MR) is 120 cm³/mol. The smallest absolute Gasteiger partial charge is 0.450 e. The molecular weight excluding hydrogens is 440 g/mol. The standard InChI is InChI=1S/C26H34O8/c1-4-5-21-33-20-11-17-16-7-6-14-10-15(27)8-9-24(14,2)22(16)18(28)12-25(17,3)26(20,34-21)19(29)13-32-23(30)31/h8-10,16-18,20-22,28H,4-7,11-13H2,1-3H3,(H,30,31)/t16-,17-,18-,20+,21+,22+,24-,25-,26+/m0/s1. The van der Waals surface area contributed by atoms with Crippen molar-refractivity contribution in [3.05, 3.63) is 23.8 Å². The Balaban J connectivity index is 1.53. The van der Waals surface area contributed by atoms with Crippen LogP contribution in [0.3, 0.4) is 0 Å². The van der Waals surface area contributed by atoms with Gasteiger partial charge in [0.15, 0.2) is 24.3 Å². The number of ether oxygens (including phenoxy) is 3. The monoisotopic (exact) mass is 474 g/mol. The van der Waals surface area contributed by atoms with E-state index in [1.165, 1.54) is 0 Å². The van der Waals surface area contributed by atoms with Gasteiger partial charge >= 0.3 is 6.16 Å². The molecule has 0 aromatic rings. The molecule has 1 saturated heterocycles. The maximum atomic E-state index is 13.6. The Morgan fingerprint density at radius 1 is 1.29 bits per heavy atom. The summed E-state index contributed by atoms with van der Waals surface area (Å²) in [6, 6.07) is 0. The van der Waals surface area contributed by atoms with Crippen LogP contribution < -0.4 is 0 Å². The van der Waals surface area contributed by atoms with Gasteiger partial charge in [-0.05, 0) is 56.1 Å². The van der Waals surface area contributed by atoms with Gasteiger partial charge in [-0.15, -0.1) is 0 Å². The zero-order valence-electron chi connectivity index (χ0n) is 20.0. The Bertz CT molecular complexity index is 970. The second-order valence-electron chi connectivity index (χ2n) is 11.1. The van der Waals surface area contributed by atoms with E-state index in [0.717, 1.165) is 24.8 Å². The molecule has 9 atom stereocenters. The number of aliphatic hydroxyl groups is 1. The number of fused-ring (bicyclic) bond motifs is 7. The highest BCUT2D eigenvalue weighted by atomic mass is 16.7. The van der Waals surface area contributed by atoms with Crippen molar-refractivity contribution in [2.75, 3.05) is 6.61 Å². The Labute approximate surface area is 199 Å². The number of hydrogen-bond donors (Lipinski definition) is 2. The van der Waals surface area contributed by atoms with Crippen molar-refractivity contribution >= 4 is 17.7 Å². The largest absolute Gasteiger partial charge is 0.506 e. The van der Waals surface area contributed by atoms with Crippen LogP contribution >= 0.6 is 0 Å². The summed E-state index contributed by atoms with van der Waals surface area (Å²) in [6.07, 6.45) is 5.98. The van der Waals surface area contributed by atoms with Crippen LogP contribution in [0.5, 0.6) is 0 Å². The summed E-state index contributed by atoms with van der Waals surface area (Å²) < 4.78 is 17.4. The molecule has 34 heavy (non-hydrogen) atoms. The maximum Gasteiger partial charge on any atom is 0.506 e. The number of carbonyl (C=O) groups is 3. The summed E-state index contributed by atoms with van der Waals surface area (Å²) in [7, 11) is 0. The van der Waals surface area contributed by atoms with Crippen LogP contribution in [-0.4, -0.2) is 58.6 Å². The van der Waals surface area contributed by atoms with Crippen molar-refractivity contribution in [3.63, 3.8) is 0 Å². The molecule has 2 N–H and O–H groups in total. The van der Waals surface area contributed by atoms with E-state index < -0.39 is 53.5 Å². The van der Waals surface area contributed by atoms with Crippen molar-refractivity contribution in [1.82, 2.24) is 0 Å². The zero-order valence-corrected chi connectivity index (χ0v) is 20.0. The Morgan fingerprint density at radius 3 is 2.76 bits per heavy atom. The lowest BCUT2D eigenvalue weighted by molar-refractivity contribution is -0.200. The highest BCUT2D eigenvalue weighted by molar-refractivity contribution is 6.01. The number of allylic oxidation sites excluding steroid dienone is 4. The molecule has 3 saturated carbocycles. The number of carbonyl (C=O) groups excluding carboxylic acids is 2. The van der Waals surface area contributed by atoms with Gasteiger partial charge < -0.3 is 24.4 Å². The van der Waals surface area contributed by atoms with Gasteiger partial charge in [-0.3, -0.25) is 9.59 Å². The first-order valence-electron chi connectivity index (χ1n) is 12.4. The number of ketones is 2. The van der Waals surface area contributed by atoms with E-state index in [1.54, 1.807) is 12.2 Å². The minimum Gasteiger partial charge on any atom is -0.450 e. The second-order valence-corrected chi connectivity index (χ2v) is 11.1. The number of aliphatic hydroxyl groups excluding tert-OH is 1. The van der Waals surface area contributed by atoms with Crippen molar-refractivity contribution in [2.24, 2.45) is 28.6 Å². The third-order valence-electron chi connectivity index (χ3n) is 9.55. The van der Waals surface area contributed by atoms with Gasteiger partial charge in [-0.25, -0.2) is 4.79 Å². The van der Waals surface area contributed by atoms with Gasteiger partial charge in [-0.2, -0.15) is 0 Å². The molecule has 0 amide bonds. The van der Waals surface area contributed by atoms with Crippen LogP contribution in [0, 0.1) is 28.6 Å². The molecule has 1 heterocycles. The molecule has 0 radical (unpaired) electrons. The normalized spacial score (nSPS) is 46.7. The molecule has 5 rings (SSSR count). The summed E-state index contributed by atoms with van der Waals surface area (Å²) in [4.78, 5) is 36.7. The van der Waals surface area contributed by atoms with Crippen LogP contribution in [0.4, 0.5) is 4.79 Å². The first-order chi connectivity index (χ1) is 16.1. The third-order valence-corrected chi connectivity index (χ3v) is 9.55. The lowest BCUT2D eigenvalue weighted by Crippen LogP contribution is -2.63. The minimum absolute atomic E-state index is 0.0109. The van der Waals surface area contributed by atoms with E-state index in [0.29, 0.717) is 19.3 Å². The van der Waals surface area contributed by atoms with Crippen molar-refractivity contribution in [2.45, 2.75) is 83.4 Å². The molecule has 0 spiro atoms. The minimum atomic E-state index is -1.51. The summed E-state index contributed by atoms with van der Waals surface area (Å²) >= 11 is 0. The fraction of sp³-hybridized carbons (Fsp3) is 0.731.